The van der Waals surface area contributed by atoms with E-state index >= 15 is 0 Å². The van der Waals surface area contributed by atoms with Gasteiger partial charge in [0, 0.05) is 18.0 Å². The van der Waals surface area contributed by atoms with Gasteiger partial charge >= 0.3 is 5.97 Å². The lowest BCUT2D eigenvalue weighted by Gasteiger charge is -2.03. The normalized spacial score (nSPS) is 10.1. The third kappa shape index (κ3) is 3.79. The molecule has 0 aliphatic heterocycles. The summed E-state index contributed by atoms with van der Waals surface area (Å²) in [4.78, 5) is 26.5. The van der Waals surface area contributed by atoms with E-state index in [1.165, 1.54) is 31.1 Å². The Morgan fingerprint density at radius 1 is 1.33 bits per heavy atom. The highest BCUT2D eigenvalue weighted by molar-refractivity contribution is 7.98. The summed E-state index contributed by atoms with van der Waals surface area (Å²) in [5.41, 5.74) is 1.18. The van der Waals surface area contributed by atoms with Crippen molar-refractivity contribution >= 4 is 23.4 Å². The molecule has 2 rings (SSSR count). The standard InChI is InChI=1S/C14H12N2O4S/c1-20-14(17)10-6-7-11(15-8-10)9-21-13-5-3-2-4-12(13)16(18)19/h2-8H,9H2,1H3. The number of methoxy groups -OCH3 is 1. The van der Waals surface area contributed by atoms with Gasteiger partial charge in [-0.05, 0) is 18.2 Å². The molecule has 0 spiro atoms. The number of thioether (sulfide) groups is 1. The summed E-state index contributed by atoms with van der Waals surface area (Å²) in [6.45, 7) is 0. The van der Waals surface area contributed by atoms with Crippen LogP contribution < -0.4 is 0 Å². The molecule has 0 aliphatic carbocycles. The third-order valence-electron chi connectivity index (χ3n) is 2.68. The molecule has 1 aromatic heterocycles. The van der Waals surface area contributed by atoms with Crippen molar-refractivity contribution < 1.29 is 14.5 Å². The van der Waals surface area contributed by atoms with Gasteiger partial charge in [-0.3, -0.25) is 15.1 Å². The smallest absolute Gasteiger partial charge is 0.339 e. The number of nitrogens with zero attached hydrogens (tertiary/aromatic N) is 2. The van der Waals surface area contributed by atoms with Crippen molar-refractivity contribution in [3.05, 3.63) is 64.0 Å². The monoisotopic (exact) mass is 304 g/mol. The number of pyridine rings is 1. The summed E-state index contributed by atoms with van der Waals surface area (Å²) < 4.78 is 4.59. The van der Waals surface area contributed by atoms with Gasteiger partial charge in [-0.1, -0.05) is 12.1 Å². The Bertz CT molecular complexity index is 658. The average Bonchev–Trinajstić information content (AvgIpc) is 2.52. The predicted octanol–water partition coefficient (Wildman–Crippen LogP) is 3.07. The molecule has 0 atom stereocenters. The molecule has 108 valence electrons. The molecule has 0 N–H and O–H groups in total. The van der Waals surface area contributed by atoms with Crippen molar-refractivity contribution in [3.8, 4) is 0 Å². The fourth-order valence-corrected chi connectivity index (χ4v) is 2.57. The Balaban J connectivity index is 2.07. The van der Waals surface area contributed by atoms with E-state index in [-0.39, 0.29) is 5.69 Å². The summed E-state index contributed by atoms with van der Waals surface area (Å²) >= 11 is 1.33. The van der Waals surface area contributed by atoms with Gasteiger partial charge in [-0.2, -0.15) is 0 Å². The minimum Gasteiger partial charge on any atom is -0.465 e. The van der Waals surface area contributed by atoms with Crippen LogP contribution in [0.1, 0.15) is 16.1 Å². The van der Waals surface area contributed by atoms with Gasteiger partial charge in [0.1, 0.15) is 0 Å². The van der Waals surface area contributed by atoms with Crippen LogP contribution in [0.15, 0.2) is 47.5 Å². The maximum absolute atomic E-state index is 11.3. The van der Waals surface area contributed by atoms with Crippen LogP contribution in [0.5, 0.6) is 0 Å². The number of hydrogen-bond donors (Lipinski definition) is 0. The maximum Gasteiger partial charge on any atom is 0.339 e. The van der Waals surface area contributed by atoms with Crippen LogP contribution in [0.4, 0.5) is 5.69 Å². The molecular formula is C14H12N2O4S. The van der Waals surface area contributed by atoms with Crippen molar-refractivity contribution in [1.29, 1.82) is 0 Å². The van der Waals surface area contributed by atoms with Gasteiger partial charge in [0.2, 0.25) is 0 Å². The molecule has 0 aliphatic rings. The highest BCUT2D eigenvalue weighted by Crippen LogP contribution is 2.30. The topological polar surface area (TPSA) is 82.3 Å². The summed E-state index contributed by atoms with van der Waals surface area (Å²) in [6.07, 6.45) is 1.43. The molecule has 1 aromatic carbocycles. The van der Waals surface area contributed by atoms with Crippen molar-refractivity contribution in [2.75, 3.05) is 7.11 Å². The first-order valence-corrected chi connectivity index (χ1v) is 7.00. The predicted molar refractivity (Wildman–Crippen MR) is 78.2 cm³/mol. The number of esters is 1. The molecule has 6 nitrogen and oxygen atoms in total. The molecule has 7 heteroatoms. The van der Waals surface area contributed by atoms with Gasteiger partial charge in [0.25, 0.3) is 5.69 Å². The highest BCUT2D eigenvalue weighted by Gasteiger charge is 2.13. The third-order valence-corrected chi connectivity index (χ3v) is 3.78. The fraction of sp³-hybridized carbons (Fsp3) is 0.143. The maximum atomic E-state index is 11.3. The largest absolute Gasteiger partial charge is 0.465 e. The second kappa shape index (κ2) is 6.85. The van der Waals surface area contributed by atoms with Crippen LogP contribution in [0, 0.1) is 10.1 Å². The zero-order chi connectivity index (χ0) is 15.2. The minimum atomic E-state index is -0.444. The molecule has 0 radical (unpaired) electrons. The Hall–Kier alpha value is -2.41. The van der Waals surface area contributed by atoms with Crippen LogP contribution in [0.3, 0.4) is 0 Å². The summed E-state index contributed by atoms with van der Waals surface area (Å²) in [6, 6.07) is 9.87. The number of rotatable bonds is 5. The number of carbonyl (C=O) groups is 1. The van der Waals surface area contributed by atoms with E-state index in [0.29, 0.717) is 16.2 Å². The highest BCUT2D eigenvalue weighted by atomic mass is 32.2. The van der Waals surface area contributed by atoms with Gasteiger partial charge in [0.05, 0.1) is 28.2 Å². The van der Waals surface area contributed by atoms with E-state index in [1.54, 1.807) is 30.3 Å². The molecule has 2 aromatic rings. The number of nitro groups is 1. The van der Waals surface area contributed by atoms with Crippen LogP contribution >= 0.6 is 11.8 Å². The Morgan fingerprint density at radius 3 is 2.71 bits per heavy atom. The number of carbonyl (C=O) groups excluding carboxylic acids is 1. The quantitative estimate of drug-likeness (QED) is 0.365. The number of benzene rings is 1. The molecule has 0 amide bonds. The van der Waals surface area contributed by atoms with E-state index in [9.17, 15) is 14.9 Å². The second-order valence-corrected chi connectivity index (χ2v) is 5.06. The van der Waals surface area contributed by atoms with Crippen LogP contribution in [-0.2, 0) is 10.5 Å². The Labute approximate surface area is 125 Å². The summed E-state index contributed by atoms with van der Waals surface area (Å²) in [5.74, 6) is 0.0344. The molecule has 1 heterocycles. The minimum absolute atomic E-state index is 0.0775. The molecule has 0 unspecified atom stereocenters. The SMILES string of the molecule is COC(=O)c1ccc(CSc2ccccc2[N+](=O)[O-])nc1. The molecule has 0 saturated heterocycles. The Morgan fingerprint density at radius 2 is 2.10 bits per heavy atom. The van der Waals surface area contributed by atoms with E-state index in [0.717, 1.165) is 5.69 Å². The van der Waals surface area contributed by atoms with Gasteiger partial charge in [-0.15, -0.1) is 11.8 Å². The summed E-state index contributed by atoms with van der Waals surface area (Å²) in [7, 11) is 1.31. The number of nitro benzene ring substituents is 1. The lowest BCUT2D eigenvalue weighted by molar-refractivity contribution is -0.387. The van der Waals surface area contributed by atoms with E-state index in [2.05, 4.69) is 9.72 Å². The number of hydrogen-bond acceptors (Lipinski definition) is 6. The van der Waals surface area contributed by atoms with E-state index < -0.39 is 10.9 Å². The first-order chi connectivity index (χ1) is 10.1. The van der Waals surface area contributed by atoms with Crippen LogP contribution in [0.25, 0.3) is 0 Å². The molecular weight excluding hydrogens is 292 g/mol. The van der Waals surface area contributed by atoms with E-state index in [4.69, 9.17) is 0 Å². The number of aromatic nitrogens is 1. The van der Waals surface area contributed by atoms with Gasteiger partial charge in [-0.25, -0.2) is 4.79 Å². The van der Waals surface area contributed by atoms with Crippen molar-refractivity contribution in [2.24, 2.45) is 0 Å². The Kier molecular flexibility index (Phi) is 4.89. The van der Waals surface area contributed by atoms with Gasteiger partial charge in [0.15, 0.2) is 0 Å². The second-order valence-electron chi connectivity index (χ2n) is 4.04. The van der Waals surface area contributed by atoms with Crippen LogP contribution in [-0.4, -0.2) is 23.0 Å². The fourth-order valence-electron chi connectivity index (χ4n) is 1.63. The molecule has 0 fully saturated rings. The first-order valence-electron chi connectivity index (χ1n) is 6.01. The zero-order valence-electron chi connectivity index (χ0n) is 11.2. The van der Waals surface area contributed by atoms with Crippen molar-refractivity contribution in [2.45, 2.75) is 10.6 Å². The lowest BCUT2D eigenvalue weighted by atomic mass is 10.2. The average molecular weight is 304 g/mol. The molecule has 21 heavy (non-hydrogen) atoms. The molecule has 0 bridgehead atoms. The summed E-state index contributed by atoms with van der Waals surface area (Å²) in [5, 5.41) is 10.9. The lowest BCUT2D eigenvalue weighted by Crippen LogP contribution is -2.02. The van der Waals surface area contributed by atoms with Gasteiger partial charge < -0.3 is 4.74 Å². The van der Waals surface area contributed by atoms with E-state index in [1.807, 2.05) is 0 Å². The molecule has 0 saturated carbocycles. The van der Waals surface area contributed by atoms with Crippen molar-refractivity contribution in [3.63, 3.8) is 0 Å². The van der Waals surface area contributed by atoms with Crippen molar-refractivity contribution in [1.82, 2.24) is 4.98 Å². The number of ether oxygens (including phenoxy) is 1. The first kappa shape index (κ1) is 15.0. The number of para-hydroxylation sites is 1. The zero-order valence-corrected chi connectivity index (χ0v) is 12.0. The van der Waals surface area contributed by atoms with Crippen LogP contribution in [0.2, 0.25) is 0 Å².